The van der Waals surface area contributed by atoms with Gasteiger partial charge in [-0.2, -0.15) is 0 Å². The average molecular weight is 241 g/mol. The number of carbonyl (C=O) groups is 1. The van der Waals surface area contributed by atoms with Gasteiger partial charge < -0.3 is 15.2 Å². The van der Waals surface area contributed by atoms with Gasteiger partial charge in [0.25, 0.3) is 0 Å². The molecule has 2 aliphatic rings. The van der Waals surface area contributed by atoms with Crippen LogP contribution in [-0.4, -0.2) is 29.2 Å². The summed E-state index contributed by atoms with van der Waals surface area (Å²) < 4.78 is 5.54. The zero-order valence-corrected chi connectivity index (χ0v) is 9.92. The van der Waals surface area contributed by atoms with Crippen LogP contribution >= 0.6 is 11.8 Å². The Morgan fingerprint density at radius 1 is 1.69 bits per heavy atom. The molecule has 1 fully saturated rings. The number of carboxylic acid groups (broad SMARTS) is 1. The van der Waals surface area contributed by atoms with E-state index < -0.39 is 5.97 Å². The van der Waals surface area contributed by atoms with Crippen molar-refractivity contribution in [3.8, 4) is 0 Å². The lowest BCUT2D eigenvalue weighted by Crippen LogP contribution is -2.23. The van der Waals surface area contributed by atoms with Gasteiger partial charge in [0.05, 0.1) is 11.5 Å². The van der Waals surface area contributed by atoms with Gasteiger partial charge in [-0.25, -0.2) is 4.79 Å². The Morgan fingerprint density at radius 3 is 3.06 bits per heavy atom. The molecule has 0 aromatic rings. The first-order valence-electron chi connectivity index (χ1n) is 5.37. The molecule has 0 aliphatic carbocycles. The number of hydrogen-bond donors (Lipinski definition) is 2. The Balaban J connectivity index is 2.16. The summed E-state index contributed by atoms with van der Waals surface area (Å²) >= 11 is 1.54. The summed E-state index contributed by atoms with van der Waals surface area (Å²) in [7, 11) is 0. The van der Waals surface area contributed by atoms with Crippen molar-refractivity contribution in [1.82, 2.24) is 5.32 Å². The van der Waals surface area contributed by atoms with Gasteiger partial charge >= 0.3 is 5.97 Å². The molecule has 4 nitrogen and oxygen atoms in total. The van der Waals surface area contributed by atoms with Crippen molar-refractivity contribution in [2.24, 2.45) is 0 Å². The van der Waals surface area contributed by atoms with Gasteiger partial charge in [-0.3, -0.25) is 0 Å². The highest BCUT2D eigenvalue weighted by atomic mass is 32.2. The van der Waals surface area contributed by atoms with Gasteiger partial charge in [0.2, 0.25) is 0 Å². The molecule has 0 bridgehead atoms. The molecular formula is C11H15NO3S. The van der Waals surface area contributed by atoms with Crippen LogP contribution in [0.4, 0.5) is 0 Å². The van der Waals surface area contributed by atoms with Gasteiger partial charge in [-0.15, -0.1) is 0 Å². The van der Waals surface area contributed by atoms with Crippen molar-refractivity contribution in [3.05, 3.63) is 22.8 Å². The minimum atomic E-state index is -0.898. The Hall–Kier alpha value is -0.940. The molecule has 2 N–H and O–H groups in total. The molecule has 2 aliphatic heterocycles. The second-order valence-electron chi connectivity index (χ2n) is 3.75. The van der Waals surface area contributed by atoms with Gasteiger partial charge in [0.15, 0.2) is 0 Å². The summed E-state index contributed by atoms with van der Waals surface area (Å²) in [6, 6.07) is 0. The summed E-state index contributed by atoms with van der Waals surface area (Å²) in [6.07, 6.45) is 5.77. The van der Waals surface area contributed by atoms with Crippen molar-refractivity contribution < 1.29 is 14.6 Å². The lowest BCUT2D eigenvalue weighted by Gasteiger charge is -2.10. The summed E-state index contributed by atoms with van der Waals surface area (Å²) in [6.45, 7) is 2.66. The van der Waals surface area contributed by atoms with Gasteiger partial charge in [0.1, 0.15) is 5.70 Å². The van der Waals surface area contributed by atoms with Crippen LogP contribution in [-0.2, 0) is 9.53 Å². The molecule has 5 heteroatoms. The van der Waals surface area contributed by atoms with Crippen molar-refractivity contribution in [2.75, 3.05) is 6.61 Å². The number of hydrogen-bond acceptors (Lipinski definition) is 4. The Labute approximate surface area is 98.7 Å². The highest BCUT2D eigenvalue weighted by Gasteiger charge is 2.33. The number of nitrogens with one attached hydrogen (secondary N) is 1. The van der Waals surface area contributed by atoms with E-state index in [9.17, 15) is 4.79 Å². The molecular weight excluding hydrogens is 226 g/mol. The summed E-state index contributed by atoms with van der Waals surface area (Å²) in [5, 5.41) is 12.1. The summed E-state index contributed by atoms with van der Waals surface area (Å²) in [5.41, 5.74) is 0.306. The lowest BCUT2D eigenvalue weighted by molar-refractivity contribution is -0.133. The second kappa shape index (κ2) is 4.93. The van der Waals surface area contributed by atoms with E-state index in [0.29, 0.717) is 5.70 Å². The Bertz CT molecular complexity index is 345. The minimum Gasteiger partial charge on any atom is -0.477 e. The molecule has 2 rings (SSSR count). The number of rotatable bonds is 3. The highest BCUT2D eigenvalue weighted by molar-refractivity contribution is 8.04. The van der Waals surface area contributed by atoms with E-state index in [1.807, 2.05) is 19.1 Å². The van der Waals surface area contributed by atoms with Gasteiger partial charge in [-0.05, 0) is 19.8 Å². The third kappa shape index (κ3) is 2.25. The largest absolute Gasteiger partial charge is 0.477 e. The van der Waals surface area contributed by atoms with Crippen molar-refractivity contribution >= 4 is 17.7 Å². The predicted molar refractivity (Wildman–Crippen MR) is 63.0 cm³/mol. The normalized spacial score (nSPS) is 30.1. The fraction of sp³-hybridized carbons (Fsp3) is 0.545. The summed E-state index contributed by atoms with van der Waals surface area (Å²) in [4.78, 5) is 11.9. The molecule has 0 spiro atoms. The first-order chi connectivity index (χ1) is 7.72. The lowest BCUT2D eigenvalue weighted by atomic mass is 10.2. The van der Waals surface area contributed by atoms with Gasteiger partial charge in [-0.1, -0.05) is 23.9 Å². The first-order valence-corrected chi connectivity index (χ1v) is 6.25. The maximum absolute atomic E-state index is 11.1. The van der Waals surface area contributed by atoms with Crippen LogP contribution in [0.3, 0.4) is 0 Å². The maximum Gasteiger partial charge on any atom is 0.352 e. The number of ether oxygens (including phenoxy) is 1. The zero-order valence-electron chi connectivity index (χ0n) is 9.10. The second-order valence-corrected chi connectivity index (χ2v) is 4.94. The van der Waals surface area contributed by atoms with Crippen LogP contribution < -0.4 is 5.32 Å². The van der Waals surface area contributed by atoms with Gasteiger partial charge in [0, 0.05) is 11.5 Å². The van der Waals surface area contributed by atoms with Crippen LogP contribution in [0.15, 0.2) is 22.8 Å². The van der Waals surface area contributed by atoms with E-state index in [1.165, 1.54) is 0 Å². The van der Waals surface area contributed by atoms with Crippen molar-refractivity contribution in [3.63, 3.8) is 0 Å². The maximum atomic E-state index is 11.1. The molecule has 2 atom stereocenters. The molecule has 2 heterocycles. The topological polar surface area (TPSA) is 58.6 Å². The number of carboxylic acids is 1. The first kappa shape index (κ1) is 11.5. The Kier molecular flexibility index (Phi) is 3.56. The molecule has 0 aromatic heterocycles. The molecule has 1 unspecified atom stereocenters. The van der Waals surface area contributed by atoms with E-state index in [1.54, 1.807) is 11.8 Å². The van der Waals surface area contributed by atoms with Crippen molar-refractivity contribution in [2.45, 2.75) is 31.2 Å². The van der Waals surface area contributed by atoms with Crippen LogP contribution in [0.2, 0.25) is 0 Å². The molecule has 0 amide bonds. The van der Waals surface area contributed by atoms with Crippen LogP contribution in [0.25, 0.3) is 0 Å². The third-order valence-corrected chi connectivity index (χ3v) is 3.84. The zero-order chi connectivity index (χ0) is 11.5. The molecule has 0 saturated carbocycles. The smallest absolute Gasteiger partial charge is 0.352 e. The van der Waals surface area contributed by atoms with E-state index >= 15 is 0 Å². The van der Waals surface area contributed by atoms with Crippen LogP contribution in [0, 0.1) is 0 Å². The quantitative estimate of drug-likeness (QED) is 0.736. The van der Waals surface area contributed by atoms with Crippen molar-refractivity contribution in [1.29, 1.82) is 0 Å². The molecule has 16 heavy (non-hydrogen) atoms. The van der Waals surface area contributed by atoms with Crippen LogP contribution in [0.1, 0.15) is 19.8 Å². The van der Waals surface area contributed by atoms with E-state index in [2.05, 4.69) is 5.32 Å². The standard InChI is InChI=1S/C11H15NO3S/c1-2-4-8-12-9(11(13)14)10(16-8)7-5-3-6-15-7/h2,4,7-8,12H,3,5-6H2,1H3,(H,13,14)/b4-2+/t7-,8?/m1/s1. The number of aliphatic carboxylic acids is 1. The molecule has 0 radical (unpaired) electrons. The monoisotopic (exact) mass is 241 g/mol. The third-order valence-electron chi connectivity index (χ3n) is 2.59. The van der Waals surface area contributed by atoms with Crippen LogP contribution in [0.5, 0.6) is 0 Å². The van der Waals surface area contributed by atoms with E-state index in [4.69, 9.17) is 9.84 Å². The van der Waals surface area contributed by atoms with E-state index in [0.717, 1.165) is 24.4 Å². The highest BCUT2D eigenvalue weighted by Crippen LogP contribution is 2.38. The summed E-state index contributed by atoms with van der Waals surface area (Å²) in [5.74, 6) is -0.898. The molecule has 0 aromatic carbocycles. The fourth-order valence-corrected chi connectivity index (χ4v) is 3.18. The SMILES string of the molecule is C/C=C/C1NC(C(=O)O)=C([C@H]2CCCO2)S1. The number of allylic oxidation sites excluding steroid dienone is 1. The fourth-order valence-electron chi connectivity index (χ4n) is 1.89. The minimum absolute atomic E-state index is 0.0234. The predicted octanol–water partition coefficient (Wildman–Crippen LogP) is 1.70. The number of thioether (sulfide) groups is 1. The average Bonchev–Trinajstić information content (AvgIpc) is 2.83. The molecule has 1 saturated heterocycles. The Morgan fingerprint density at radius 2 is 2.50 bits per heavy atom. The van der Waals surface area contributed by atoms with E-state index in [-0.39, 0.29) is 11.5 Å². The molecule has 88 valence electrons.